The quantitative estimate of drug-likeness (QED) is 0.179. The Morgan fingerprint density at radius 3 is 2.39 bits per heavy atom. The Morgan fingerprint density at radius 2 is 1.61 bits per heavy atom. The Bertz CT molecular complexity index is 1770. The lowest BCUT2D eigenvalue weighted by Crippen LogP contribution is -2.44. The smallest absolute Gasteiger partial charge is 0.338 e. The predicted octanol–water partition coefficient (Wildman–Crippen LogP) is 7.77. The summed E-state index contributed by atoms with van der Waals surface area (Å²) in [5, 5.41) is 6.47. The van der Waals surface area contributed by atoms with Gasteiger partial charge in [0.25, 0.3) is 0 Å². The van der Waals surface area contributed by atoms with Crippen molar-refractivity contribution in [1.29, 1.82) is 0 Å². The van der Waals surface area contributed by atoms with Crippen molar-refractivity contribution in [2.75, 3.05) is 13.7 Å². The van der Waals surface area contributed by atoms with Crippen LogP contribution in [0.25, 0.3) is 32.8 Å². The molecule has 44 heavy (non-hydrogen) atoms. The third-order valence-electron chi connectivity index (χ3n) is 8.81. The van der Waals surface area contributed by atoms with Gasteiger partial charge in [-0.3, -0.25) is 9.78 Å². The molecular weight excluding hydrogens is 548 g/mol. The Morgan fingerprint density at radius 1 is 0.864 bits per heavy atom. The summed E-state index contributed by atoms with van der Waals surface area (Å²) in [5.41, 5.74) is 4.35. The summed E-state index contributed by atoms with van der Waals surface area (Å²) >= 11 is 0. The number of carbonyl (C=O) groups excluding carboxylic acids is 2. The maximum atomic E-state index is 13.3. The topological polar surface area (TPSA) is 77.5 Å². The molecule has 1 saturated carbocycles. The first-order chi connectivity index (χ1) is 21.5. The van der Waals surface area contributed by atoms with E-state index in [0.29, 0.717) is 24.5 Å². The van der Waals surface area contributed by atoms with E-state index in [1.165, 1.54) is 23.4 Å². The van der Waals surface area contributed by atoms with Gasteiger partial charge >= 0.3 is 5.97 Å². The van der Waals surface area contributed by atoms with Crippen molar-refractivity contribution in [3.63, 3.8) is 0 Å². The van der Waals surface area contributed by atoms with Crippen molar-refractivity contribution in [1.82, 2.24) is 10.3 Å². The third kappa shape index (κ3) is 6.75. The van der Waals surface area contributed by atoms with Gasteiger partial charge in [0.05, 0.1) is 24.2 Å². The molecule has 224 valence electrons. The SMILES string of the molecule is COC(=O)c1ccnc2ccc(-c3ccc(OCC(Cc4ccc5ccccc5c4)NC(=O)C4CCC(C)CC4)cc3)cc12. The van der Waals surface area contributed by atoms with Crippen LogP contribution in [-0.4, -0.2) is 36.6 Å². The van der Waals surface area contributed by atoms with Gasteiger partial charge in [-0.15, -0.1) is 0 Å². The highest BCUT2D eigenvalue weighted by Gasteiger charge is 2.26. The van der Waals surface area contributed by atoms with Gasteiger partial charge in [-0.2, -0.15) is 0 Å². The Balaban J connectivity index is 1.17. The molecule has 1 aromatic heterocycles. The van der Waals surface area contributed by atoms with E-state index < -0.39 is 0 Å². The normalized spacial score (nSPS) is 17.2. The van der Waals surface area contributed by atoms with E-state index in [-0.39, 0.29) is 23.8 Å². The van der Waals surface area contributed by atoms with Crippen LogP contribution in [0, 0.1) is 11.8 Å². The van der Waals surface area contributed by atoms with Crippen molar-refractivity contribution in [2.24, 2.45) is 11.8 Å². The number of pyridine rings is 1. The second kappa shape index (κ2) is 13.3. The number of nitrogens with zero attached hydrogens (tertiary/aromatic N) is 1. The van der Waals surface area contributed by atoms with Gasteiger partial charge in [0.15, 0.2) is 0 Å². The second-order valence-electron chi connectivity index (χ2n) is 12.0. The number of esters is 1. The summed E-state index contributed by atoms with van der Waals surface area (Å²) in [6.45, 7) is 2.64. The number of amides is 1. The molecule has 1 heterocycles. The van der Waals surface area contributed by atoms with E-state index in [1.807, 2.05) is 48.5 Å². The zero-order valence-corrected chi connectivity index (χ0v) is 25.3. The lowest BCUT2D eigenvalue weighted by atomic mass is 9.82. The molecule has 1 atom stereocenters. The first-order valence-electron chi connectivity index (χ1n) is 15.4. The molecule has 6 rings (SSSR count). The first-order valence-corrected chi connectivity index (χ1v) is 15.4. The molecule has 1 aliphatic rings. The van der Waals surface area contributed by atoms with Crippen LogP contribution in [0.3, 0.4) is 0 Å². The zero-order valence-electron chi connectivity index (χ0n) is 25.3. The maximum absolute atomic E-state index is 13.3. The number of methoxy groups -OCH3 is 1. The van der Waals surface area contributed by atoms with Crippen molar-refractivity contribution in [3.05, 3.63) is 108 Å². The van der Waals surface area contributed by atoms with Gasteiger partial charge < -0.3 is 14.8 Å². The third-order valence-corrected chi connectivity index (χ3v) is 8.81. The summed E-state index contributed by atoms with van der Waals surface area (Å²) in [5.74, 6) is 1.25. The fourth-order valence-electron chi connectivity index (χ4n) is 6.20. The highest BCUT2D eigenvalue weighted by Crippen LogP contribution is 2.30. The molecule has 6 heteroatoms. The van der Waals surface area contributed by atoms with Crippen LogP contribution in [0.5, 0.6) is 5.75 Å². The number of nitrogens with one attached hydrogen (secondary N) is 1. The number of fused-ring (bicyclic) bond motifs is 2. The number of hydrogen-bond donors (Lipinski definition) is 1. The number of rotatable bonds is 9. The molecule has 1 unspecified atom stereocenters. The molecule has 0 saturated heterocycles. The molecular formula is C38H38N2O4. The van der Waals surface area contributed by atoms with E-state index in [2.05, 4.69) is 53.6 Å². The Kier molecular flexibility index (Phi) is 8.87. The highest BCUT2D eigenvalue weighted by molar-refractivity contribution is 6.04. The second-order valence-corrected chi connectivity index (χ2v) is 12.0. The van der Waals surface area contributed by atoms with E-state index in [0.717, 1.165) is 53.5 Å². The molecule has 4 aromatic carbocycles. The minimum absolute atomic E-state index is 0.0708. The van der Waals surface area contributed by atoms with E-state index in [4.69, 9.17) is 9.47 Å². The maximum Gasteiger partial charge on any atom is 0.338 e. The molecule has 0 bridgehead atoms. The monoisotopic (exact) mass is 586 g/mol. The molecule has 1 N–H and O–H groups in total. The number of hydrogen-bond acceptors (Lipinski definition) is 5. The molecule has 1 aliphatic carbocycles. The number of aromatic nitrogens is 1. The zero-order chi connectivity index (χ0) is 30.5. The largest absolute Gasteiger partial charge is 0.491 e. The fraction of sp³-hybridized carbons (Fsp3) is 0.289. The Labute approximate surface area is 258 Å². The minimum atomic E-state index is -0.387. The minimum Gasteiger partial charge on any atom is -0.491 e. The van der Waals surface area contributed by atoms with Crippen LogP contribution in [0.2, 0.25) is 0 Å². The molecule has 0 radical (unpaired) electrons. The molecule has 0 aliphatic heterocycles. The van der Waals surface area contributed by atoms with E-state index in [1.54, 1.807) is 12.3 Å². The van der Waals surface area contributed by atoms with Crippen LogP contribution in [0.1, 0.15) is 48.5 Å². The van der Waals surface area contributed by atoms with Gasteiger partial charge in [0, 0.05) is 17.5 Å². The van der Waals surface area contributed by atoms with Crippen LogP contribution < -0.4 is 10.1 Å². The van der Waals surface area contributed by atoms with Crippen molar-refractivity contribution in [2.45, 2.75) is 45.1 Å². The van der Waals surface area contributed by atoms with E-state index >= 15 is 0 Å². The first kappa shape index (κ1) is 29.4. The van der Waals surface area contributed by atoms with Gasteiger partial charge in [0.1, 0.15) is 12.4 Å². The summed E-state index contributed by atoms with van der Waals surface area (Å²) in [6.07, 6.45) is 6.41. The molecule has 0 spiro atoms. The lowest BCUT2D eigenvalue weighted by Gasteiger charge is -2.28. The average Bonchev–Trinajstić information content (AvgIpc) is 3.06. The number of ether oxygens (including phenoxy) is 2. The molecule has 5 aromatic rings. The van der Waals surface area contributed by atoms with Gasteiger partial charge in [-0.25, -0.2) is 4.79 Å². The van der Waals surface area contributed by atoms with Gasteiger partial charge in [-0.1, -0.05) is 67.6 Å². The summed E-state index contributed by atoms with van der Waals surface area (Å²) < 4.78 is 11.2. The Hall–Kier alpha value is -4.71. The molecule has 1 fully saturated rings. The van der Waals surface area contributed by atoms with Crippen LogP contribution in [-0.2, 0) is 16.0 Å². The molecule has 6 nitrogen and oxygen atoms in total. The van der Waals surface area contributed by atoms with Crippen LogP contribution >= 0.6 is 0 Å². The average molecular weight is 587 g/mol. The lowest BCUT2D eigenvalue weighted by molar-refractivity contribution is -0.127. The highest BCUT2D eigenvalue weighted by atomic mass is 16.5. The van der Waals surface area contributed by atoms with Crippen molar-refractivity contribution in [3.8, 4) is 16.9 Å². The predicted molar refractivity (Wildman–Crippen MR) is 175 cm³/mol. The summed E-state index contributed by atoms with van der Waals surface area (Å²) in [7, 11) is 1.38. The fourth-order valence-corrected chi connectivity index (χ4v) is 6.20. The van der Waals surface area contributed by atoms with Gasteiger partial charge in [0.2, 0.25) is 5.91 Å². The summed E-state index contributed by atoms with van der Waals surface area (Å²) in [4.78, 5) is 30.0. The number of benzene rings is 4. The van der Waals surface area contributed by atoms with Crippen molar-refractivity contribution < 1.29 is 19.1 Å². The van der Waals surface area contributed by atoms with Crippen LogP contribution in [0.4, 0.5) is 0 Å². The number of carbonyl (C=O) groups is 2. The standard InChI is InChI=1S/C38H38N2O4/c1-25-7-10-29(11-8-25)37(41)40-32(22-26-9-12-27-5-3-4-6-30(27)21-26)24-44-33-16-13-28(14-17-33)31-15-18-36-35(23-31)34(19-20-39-36)38(42)43-2/h3-6,9,12-21,23,25,29,32H,7-8,10-11,22,24H2,1-2H3,(H,40,41). The van der Waals surface area contributed by atoms with Crippen LogP contribution in [0.15, 0.2) is 97.2 Å². The summed E-state index contributed by atoms with van der Waals surface area (Å²) in [6, 6.07) is 30.1. The van der Waals surface area contributed by atoms with E-state index in [9.17, 15) is 9.59 Å². The van der Waals surface area contributed by atoms with Crippen molar-refractivity contribution >= 4 is 33.6 Å². The molecule has 1 amide bonds. The van der Waals surface area contributed by atoms with Gasteiger partial charge in [-0.05, 0) is 95.8 Å².